The highest BCUT2D eigenvalue weighted by Crippen LogP contribution is 2.22. The summed E-state index contributed by atoms with van der Waals surface area (Å²) in [6, 6.07) is 3.35. The molecule has 0 amide bonds. The molecule has 0 fully saturated rings. The number of aromatic nitrogens is 2. The summed E-state index contributed by atoms with van der Waals surface area (Å²) in [5, 5.41) is 10.2. The maximum absolute atomic E-state index is 11.3. The summed E-state index contributed by atoms with van der Waals surface area (Å²) >= 11 is 0. The topological polar surface area (TPSA) is 92.0 Å². The Balaban J connectivity index is 2.93. The molecule has 5 heteroatoms. The highest BCUT2D eigenvalue weighted by molar-refractivity contribution is 5.82. The number of nitrogens with zero attached hydrogens (tertiary/aromatic N) is 1. The molecule has 0 saturated carbocycles. The molecule has 0 atom stereocenters. The summed E-state index contributed by atoms with van der Waals surface area (Å²) in [6.07, 6.45) is 1.54. The van der Waals surface area contributed by atoms with Crippen molar-refractivity contribution in [3.63, 3.8) is 0 Å². The van der Waals surface area contributed by atoms with E-state index in [1.165, 1.54) is 0 Å². The Morgan fingerprint density at radius 2 is 2.36 bits per heavy atom. The van der Waals surface area contributed by atoms with E-state index in [0.29, 0.717) is 11.0 Å². The Bertz CT molecular complexity index is 533. The molecule has 14 heavy (non-hydrogen) atoms. The van der Waals surface area contributed by atoms with Crippen molar-refractivity contribution in [2.45, 2.75) is 6.54 Å². The lowest BCUT2D eigenvalue weighted by Crippen LogP contribution is -2.16. The molecule has 2 heterocycles. The second-order valence-corrected chi connectivity index (χ2v) is 2.88. The van der Waals surface area contributed by atoms with Crippen LogP contribution in [0.3, 0.4) is 0 Å². The molecule has 0 bridgehead atoms. The van der Waals surface area contributed by atoms with Gasteiger partial charge in [0.05, 0.1) is 10.9 Å². The van der Waals surface area contributed by atoms with Crippen LogP contribution >= 0.6 is 0 Å². The monoisotopic (exact) mass is 191 g/mol. The highest BCUT2D eigenvalue weighted by atomic mass is 16.3. The molecule has 0 aliphatic carbocycles. The third kappa shape index (κ3) is 1.14. The van der Waals surface area contributed by atoms with Crippen LogP contribution in [0.5, 0.6) is 5.75 Å². The van der Waals surface area contributed by atoms with Gasteiger partial charge in [0.25, 0.3) is 5.56 Å². The Morgan fingerprint density at radius 3 is 3.07 bits per heavy atom. The van der Waals surface area contributed by atoms with Crippen LogP contribution in [0, 0.1) is 0 Å². The Hall–Kier alpha value is -1.88. The molecule has 5 nitrogen and oxygen atoms in total. The molecule has 4 N–H and O–H groups in total. The normalized spacial score (nSPS) is 10.6. The molecule has 0 aliphatic heterocycles. The average molecular weight is 191 g/mol. The van der Waals surface area contributed by atoms with Crippen molar-refractivity contribution in [2.75, 3.05) is 0 Å². The van der Waals surface area contributed by atoms with E-state index in [1.807, 2.05) is 0 Å². The molecule has 0 aromatic carbocycles. The quantitative estimate of drug-likeness (QED) is 0.595. The summed E-state index contributed by atoms with van der Waals surface area (Å²) < 4.78 is 0. The Morgan fingerprint density at radius 1 is 1.57 bits per heavy atom. The van der Waals surface area contributed by atoms with Crippen molar-refractivity contribution in [3.8, 4) is 5.75 Å². The standard InChI is InChI=1S/C9H9N3O2/c10-4-6-7(13)5-2-1-3-11-8(5)12-9(6)14/h1-3H,4,10H2,(H2,11,12,13,14). The second-order valence-electron chi connectivity index (χ2n) is 2.88. The number of hydrogen-bond donors (Lipinski definition) is 3. The zero-order valence-electron chi connectivity index (χ0n) is 7.32. The predicted molar refractivity (Wildman–Crippen MR) is 51.9 cm³/mol. The van der Waals surface area contributed by atoms with Crippen molar-refractivity contribution in [3.05, 3.63) is 34.2 Å². The lowest BCUT2D eigenvalue weighted by atomic mass is 10.2. The van der Waals surface area contributed by atoms with Crippen LogP contribution in [0.4, 0.5) is 0 Å². The summed E-state index contributed by atoms with van der Waals surface area (Å²) in [6.45, 7) is 0.00595. The van der Waals surface area contributed by atoms with Crippen molar-refractivity contribution in [1.82, 2.24) is 9.97 Å². The van der Waals surface area contributed by atoms with Gasteiger partial charge >= 0.3 is 0 Å². The number of fused-ring (bicyclic) bond motifs is 1. The molecule has 0 aliphatic rings. The molecule has 0 spiro atoms. The van der Waals surface area contributed by atoms with E-state index in [4.69, 9.17) is 5.73 Å². The molecule has 0 saturated heterocycles. The first kappa shape index (κ1) is 8.71. The van der Waals surface area contributed by atoms with Crippen molar-refractivity contribution < 1.29 is 5.11 Å². The van der Waals surface area contributed by atoms with E-state index in [1.54, 1.807) is 18.3 Å². The minimum absolute atomic E-state index is 0.00595. The van der Waals surface area contributed by atoms with Crippen LogP contribution in [0.2, 0.25) is 0 Å². The first-order valence-corrected chi connectivity index (χ1v) is 4.13. The number of nitrogens with two attached hydrogens (primary N) is 1. The number of H-pyrrole nitrogens is 1. The zero-order chi connectivity index (χ0) is 10.1. The van der Waals surface area contributed by atoms with Gasteiger partial charge < -0.3 is 15.8 Å². The number of aromatic hydroxyl groups is 1. The van der Waals surface area contributed by atoms with Crippen LogP contribution in [-0.2, 0) is 6.54 Å². The number of hydrogen-bond acceptors (Lipinski definition) is 4. The highest BCUT2D eigenvalue weighted by Gasteiger charge is 2.09. The van der Waals surface area contributed by atoms with Crippen LogP contribution in [-0.4, -0.2) is 15.1 Å². The molecule has 2 rings (SSSR count). The van der Waals surface area contributed by atoms with Crippen LogP contribution in [0.15, 0.2) is 23.1 Å². The van der Waals surface area contributed by atoms with Crippen molar-refractivity contribution in [1.29, 1.82) is 0 Å². The van der Waals surface area contributed by atoms with Gasteiger partial charge in [0, 0.05) is 12.7 Å². The van der Waals surface area contributed by atoms with Crippen molar-refractivity contribution in [2.24, 2.45) is 5.73 Å². The van der Waals surface area contributed by atoms with Gasteiger partial charge in [0.15, 0.2) is 0 Å². The fourth-order valence-corrected chi connectivity index (χ4v) is 1.34. The van der Waals surface area contributed by atoms with Gasteiger partial charge in [-0.15, -0.1) is 0 Å². The average Bonchev–Trinajstić information content (AvgIpc) is 2.18. The largest absolute Gasteiger partial charge is 0.507 e. The fraction of sp³-hybridized carbons (Fsp3) is 0.111. The Kier molecular flexibility index (Phi) is 1.94. The summed E-state index contributed by atoms with van der Waals surface area (Å²) in [4.78, 5) is 17.8. The molecule has 0 unspecified atom stereocenters. The van der Waals surface area contributed by atoms with Gasteiger partial charge in [-0.1, -0.05) is 0 Å². The molecular weight excluding hydrogens is 182 g/mol. The zero-order valence-corrected chi connectivity index (χ0v) is 7.32. The molecule has 2 aromatic heterocycles. The van der Waals surface area contributed by atoms with Crippen LogP contribution in [0.1, 0.15) is 5.56 Å². The fourth-order valence-electron chi connectivity index (χ4n) is 1.34. The van der Waals surface area contributed by atoms with E-state index in [9.17, 15) is 9.90 Å². The summed E-state index contributed by atoms with van der Waals surface area (Å²) in [5.41, 5.74) is 5.50. The SMILES string of the molecule is NCc1c(O)c2cccnc2[nH]c1=O. The number of nitrogens with one attached hydrogen (secondary N) is 1. The third-order valence-electron chi connectivity index (χ3n) is 2.06. The molecule has 72 valence electrons. The van der Waals surface area contributed by atoms with E-state index in [0.717, 1.165) is 0 Å². The van der Waals surface area contributed by atoms with Gasteiger partial charge in [-0.25, -0.2) is 4.98 Å². The van der Waals surface area contributed by atoms with E-state index < -0.39 is 5.56 Å². The number of aromatic amines is 1. The van der Waals surface area contributed by atoms with Crippen molar-refractivity contribution >= 4 is 11.0 Å². The molecule has 2 aromatic rings. The first-order valence-electron chi connectivity index (χ1n) is 4.13. The van der Waals surface area contributed by atoms with Gasteiger partial charge in [-0.05, 0) is 12.1 Å². The predicted octanol–water partition coefficient (Wildman–Crippen LogP) is 0.0874. The maximum atomic E-state index is 11.3. The minimum Gasteiger partial charge on any atom is -0.507 e. The Labute approximate surface area is 79.2 Å². The van der Waals surface area contributed by atoms with Crippen LogP contribution < -0.4 is 11.3 Å². The van der Waals surface area contributed by atoms with Gasteiger partial charge in [0.2, 0.25) is 0 Å². The lowest BCUT2D eigenvalue weighted by molar-refractivity contribution is 0.473. The van der Waals surface area contributed by atoms with E-state index in [-0.39, 0.29) is 17.9 Å². The molecule has 0 radical (unpaired) electrons. The van der Waals surface area contributed by atoms with E-state index in [2.05, 4.69) is 9.97 Å². The van der Waals surface area contributed by atoms with Gasteiger partial charge in [-0.2, -0.15) is 0 Å². The first-order chi connectivity index (χ1) is 6.74. The smallest absolute Gasteiger partial charge is 0.257 e. The summed E-state index contributed by atoms with van der Waals surface area (Å²) in [5.74, 6) is -0.0839. The van der Waals surface area contributed by atoms with Gasteiger partial charge in [-0.3, -0.25) is 4.79 Å². The second kappa shape index (κ2) is 3.12. The van der Waals surface area contributed by atoms with Gasteiger partial charge in [0.1, 0.15) is 11.4 Å². The summed E-state index contributed by atoms with van der Waals surface area (Å²) in [7, 11) is 0. The lowest BCUT2D eigenvalue weighted by Gasteiger charge is -2.03. The van der Waals surface area contributed by atoms with E-state index >= 15 is 0 Å². The number of rotatable bonds is 1. The molecular formula is C9H9N3O2. The minimum atomic E-state index is -0.392. The number of pyridine rings is 2. The van der Waals surface area contributed by atoms with Crippen LogP contribution in [0.25, 0.3) is 11.0 Å². The maximum Gasteiger partial charge on any atom is 0.257 e. The third-order valence-corrected chi connectivity index (χ3v) is 2.06.